The van der Waals surface area contributed by atoms with Crippen molar-refractivity contribution in [2.45, 2.75) is 6.54 Å². The highest BCUT2D eigenvalue weighted by molar-refractivity contribution is 5.42. The topological polar surface area (TPSA) is 45.8 Å². The van der Waals surface area contributed by atoms with Crippen LogP contribution in [0.5, 0.6) is 11.5 Å². The SMILES string of the molecule is COc1ccc(CNCN2CCNCC2)cc1OC. The molecule has 1 fully saturated rings. The van der Waals surface area contributed by atoms with Crippen LogP contribution in [0.1, 0.15) is 5.56 Å². The van der Waals surface area contributed by atoms with E-state index in [1.54, 1.807) is 14.2 Å². The van der Waals surface area contributed by atoms with E-state index in [4.69, 9.17) is 9.47 Å². The number of hydrogen-bond donors (Lipinski definition) is 2. The number of nitrogens with zero attached hydrogens (tertiary/aromatic N) is 1. The summed E-state index contributed by atoms with van der Waals surface area (Å²) < 4.78 is 10.5. The Hall–Kier alpha value is -1.30. The zero-order chi connectivity index (χ0) is 13.5. The first-order valence-corrected chi connectivity index (χ1v) is 6.68. The summed E-state index contributed by atoms with van der Waals surface area (Å²) in [4.78, 5) is 2.41. The van der Waals surface area contributed by atoms with E-state index in [9.17, 15) is 0 Å². The van der Waals surface area contributed by atoms with Crippen molar-refractivity contribution in [3.05, 3.63) is 23.8 Å². The van der Waals surface area contributed by atoms with Crippen LogP contribution in [0.15, 0.2) is 18.2 Å². The molecule has 1 aromatic carbocycles. The molecule has 0 aromatic heterocycles. The van der Waals surface area contributed by atoms with Gasteiger partial charge in [0, 0.05) is 39.4 Å². The maximum Gasteiger partial charge on any atom is 0.161 e. The smallest absolute Gasteiger partial charge is 0.161 e. The number of rotatable bonds is 6. The van der Waals surface area contributed by atoms with Gasteiger partial charge in [0.1, 0.15) is 0 Å². The first-order valence-electron chi connectivity index (χ1n) is 6.68. The Kier molecular flexibility index (Phi) is 5.44. The van der Waals surface area contributed by atoms with Gasteiger partial charge in [-0.25, -0.2) is 0 Å². The highest BCUT2D eigenvalue weighted by atomic mass is 16.5. The van der Waals surface area contributed by atoms with Gasteiger partial charge < -0.3 is 20.1 Å². The van der Waals surface area contributed by atoms with Crippen molar-refractivity contribution in [2.24, 2.45) is 0 Å². The Balaban J connectivity index is 1.81. The van der Waals surface area contributed by atoms with E-state index < -0.39 is 0 Å². The van der Waals surface area contributed by atoms with Gasteiger partial charge in [0.25, 0.3) is 0 Å². The Morgan fingerprint density at radius 2 is 1.89 bits per heavy atom. The van der Waals surface area contributed by atoms with Gasteiger partial charge in [-0.15, -0.1) is 0 Å². The maximum absolute atomic E-state index is 5.30. The average molecular weight is 265 g/mol. The third-order valence-electron chi connectivity index (χ3n) is 3.32. The molecule has 1 saturated heterocycles. The molecule has 0 bridgehead atoms. The fourth-order valence-electron chi connectivity index (χ4n) is 2.22. The summed E-state index contributed by atoms with van der Waals surface area (Å²) >= 11 is 0. The molecule has 0 unspecified atom stereocenters. The van der Waals surface area contributed by atoms with Crippen molar-refractivity contribution in [3.8, 4) is 11.5 Å². The third kappa shape index (κ3) is 4.09. The molecule has 5 heteroatoms. The molecule has 0 atom stereocenters. The number of benzene rings is 1. The molecule has 1 aromatic rings. The minimum absolute atomic E-state index is 0.772. The summed E-state index contributed by atoms with van der Waals surface area (Å²) in [6.45, 7) is 6.15. The minimum atomic E-state index is 0.772. The maximum atomic E-state index is 5.30. The van der Waals surface area contributed by atoms with Crippen LogP contribution in [0.4, 0.5) is 0 Å². The third-order valence-corrected chi connectivity index (χ3v) is 3.32. The average Bonchev–Trinajstić information content (AvgIpc) is 2.48. The molecular formula is C14H23N3O2. The molecular weight excluding hydrogens is 242 g/mol. The van der Waals surface area contributed by atoms with E-state index in [0.29, 0.717) is 0 Å². The van der Waals surface area contributed by atoms with Crippen molar-refractivity contribution >= 4 is 0 Å². The predicted molar refractivity (Wildman–Crippen MR) is 75.7 cm³/mol. The molecule has 106 valence electrons. The molecule has 1 heterocycles. The molecule has 5 nitrogen and oxygen atoms in total. The van der Waals surface area contributed by atoms with Gasteiger partial charge in [-0.2, -0.15) is 0 Å². The Labute approximate surface area is 114 Å². The molecule has 0 saturated carbocycles. The molecule has 19 heavy (non-hydrogen) atoms. The lowest BCUT2D eigenvalue weighted by Crippen LogP contribution is -2.46. The van der Waals surface area contributed by atoms with Gasteiger partial charge >= 0.3 is 0 Å². The van der Waals surface area contributed by atoms with Crippen LogP contribution in [-0.4, -0.2) is 52.0 Å². The van der Waals surface area contributed by atoms with E-state index in [-0.39, 0.29) is 0 Å². The molecule has 2 rings (SSSR count). The largest absolute Gasteiger partial charge is 0.493 e. The van der Waals surface area contributed by atoms with E-state index in [0.717, 1.165) is 50.9 Å². The summed E-state index contributed by atoms with van der Waals surface area (Å²) in [5, 5.41) is 6.81. The zero-order valence-corrected chi connectivity index (χ0v) is 11.7. The Morgan fingerprint density at radius 3 is 2.58 bits per heavy atom. The van der Waals surface area contributed by atoms with Crippen LogP contribution in [0.3, 0.4) is 0 Å². The first-order chi connectivity index (χ1) is 9.33. The van der Waals surface area contributed by atoms with Crippen molar-refractivity contribution in [3.63, 3.8) is 0 Å². The van der Waals surface area contributed by atoms with Crippen LogP contribution in [0.25, 0.3) is 0 Å². The fourth-order valence-corrected chi connectivity index (χ4v) is 2.22. The second kappa shape index (κ2) is 7.33. The van der Waals surface area contributed by atoms with Gasteiger partial charge in [0.05, 0.1) is 14.2 Å². The van der Waals surface area contributed by atoms with E-state index in [1.807, 2.05) is 12.1 Å². The molecule has 0 radical (unpaired) electrons. The van der Waals surface area contributed by atoms with Gasteiger partial charge in [-0.1, -0.05) is 6.07 Å². The first kappa shape index (κ1) is 14.1. The fraction of sp³-hybridized carbons (Fsp3) is 0.571. The van der Waals surface area contributed by atoms with Crippen molar-refractivity contribution in [2.75, 3.05) is 47.1 Å². The molecule has 0 amide bonds. The summed E-state index contributed by atoms with van der Waals surface area (Å²) in [7, 11) is 3.32. The highest BCUT2D eigenvalue weighted by Gasteiger charge is 2.09. The van der Waals surface area contributed by atoms with Crippen molar-refractivity contribution in [1.29, 1.82) is 0 Å². The molecule has 1 aliphatic rings. The second-order valence-electron chi connectivity index (χ2n) is 4.64. The number of hydrogen-bond acceptors (Lipinski definition) is 5. The Bertz CT molecular complexity index is 392. The summed E-state index contributed by atoms with van der Waals surface area (Å²) in [6.07, 6.45) is 0. The van der Waals surface area contributed by atoms with E-state index in [1.165, 1.54) is 5.56 Å². The standard InChI is InChI=1S/C14H23N3O2/c1-18-13-4-3-12(9-14(13)19-2)10-16-11-17-7-5-15-6-8-17/h3-4,9,15-16H,5-8,10-11H2,1-2H3. The van der Waals surface area contributed by atoms with Crippen molar-refractivity contribution in [1.82, 2.24) is 15.5 Å². The summed E-state index contributed by atoms with van der Waals surface area (Å²) in [6, 6.07) is 6.02. The lowest BCUT2D eigenvalue weighted by molar-refractivity contribution is 0.223. The van der Waals surface area contributed by atoms with E-state index >= 15 is 0 Å². The van der Waals surface area contributed by atoms with Gasteiger partial charge in [-0.3, -0.25) is 4.90 Å². The lowest BCUT2D eigenvalue weighted by Gasteiger charge is -2.27. The van der Waals surface area contributed by atoms with Crippen LogP contribution in [-0.2, 0) is 6.54 Å². The van der Waals surface area contributed by atoms with Crippen molar-refractivity contribution < 1.29 is 9.47 Å². The van der Waals surface area contributed by atoms with Crippen LogP contribution in [0.2, 0.25) is 0 Å². The molecule has 0 aliphatic carbocycles. The minimum Gasteiger partial charge on any atom is -0.493 e. The number of piperazine rings is 1. The van der Waals surface area contributed by atoms with Gasteiger partial charge in [0.2, 0.25) is 0 Å². The van der Waals surface area contributed by atoms with Crippen LogP contribution < -0.4 is 20.1 Å². The Morgan fingerprint density at radius 1 is 1.16 bits per heavy atom. The normalized spacial score (nSPS) is 16.3. The quantitative estimate of drug-likeness (QED) is 0.791. The molecule has 0 spiro atoms. The summed E-state index contributed by atoms with van der Waals surface area (Å²) in [5.41, 5.74) is 1.20. The predicted octanol–water partition coefficient (Wildman–Crippen LogP) is 0.656. The zero-order valence-electron chi connectivity index (χ0n) is 11.7. The lowest BCUT2D eigenvalue weighted by atomic mass is 10.2. The van der Waals surface area contributed by atoms with Gasteiger partial charge in [0.15, 0.2) is 11.5 Å². The van der Waals surface area contributed by atoms with Crippen LogP contribution >= 0.6 is 0 Å². The summed E-state index contributed by atoms with van der Waals surface area (Å²) in [5.74, 6) is 1.55. The molecule has 2 N–H and O–H groups in total. The second-order valence-corrected chi connectivity index (χ2v) is 4.64. The van der Waals surface area contributed by atoms with Gasteiger partial charge in [-0.05, 0) is 17.7 Å². The number of methoxy groups -OCH3 is 2. The monoisotopic (exact) mass is 265 g/mol. The van der Waals surface area contributed by atoms with Crippen LogP contribution in [0, 0.1) is 0 Å². The molecule has 1 aliphatic heterocycles. The highest BCUT2D eigenvalue weighted by Crippen LogP contribution is 2.27. The number of ether oxygens (including phenoxy) is 2. The van der Waals surface area contributed by atoms with E-state index in [2.05, 4.69) is 21.6 Å². The number of nitrogens with one attached hydrogen (secondary N) is 2.